The Kier molecular flexibility index (Phi) is 8.80. The van der Waals surface area contributed by atoms with Crippen LogP contribution >= 0.6 is 23.1 Å². The van der Waals surface area contributed by atoms with Gasteiger partial charge in [-0.05, 0) is 73.4 Å². The fourth-order valence-electron chi connectivity index (χ4n) is 4.51. The molecule has 38 heavy (non-hydrogen) atoms. The molecule has 1 aromatic heterocycles. The van der Waals surface area contributed by atoms with Crippen molar-refractivity contribution < 1.29 is 14.3 Å². The Bertz CT molecular complexity index is 1340. The van der Waals surface area contributed by atoms with E-state index in [9.17, 15) is 14.9 Å². The molecular formula is C30H33N3O3S2. The van der Waals surface area contributed by atoms with Crippen LogP contribution in [0.15, 0.2) is 59.5 Å². The summed E-state index contributed by atoms with van der Waals surface area (Å²) in [4.78, 5) is 27.5. The van der Waals surface area contributed by atoms with E-state index in [1.54, 1.807) is 29.5 Å². The van der Waals surface area contributed by atoms with Crippen LogP contribution in [0.4, 0.5) is 10.7 Å². The van der Waals surface area contributed by atoms with Crippen LogP contribution in [-0.4, -0.2) is 23.7 Å². The van der Waals surface area contributed by atoms with Gasteiger partial charge in [-0.25, -0.2) is 0 Å². The van der Waals surface area contributed by atoms with Crippen molar-refractivity contribution in [2.75, 3.05) is 17.2 Å². The zero-order valence-electron chi connectivity index (χ0n) is 22.2. The van der Waals surface area contributed by atoms with Crippen LogP contribution in [0.5, 0.6) is 5.75 Å². The number of anilines is 2. The SMILES string of the molecule is CC(Sc1cccc(NC(=O)COc2ccccc2)c1)C(=O)Nc1sc2c(c1C#N)CCC(C(C)(C)C)C2. The summed E-state index contributed by atoms with van der Waals surface area (Å²) in [7, 11) is 0. The summed E-state index contributed by atoms with van der Waals surface area (Å²) in [5, 5.41) is 16.0. The number of nitrogens with zero attached hydrogens (tertiary/aromatic N) is 1. The molecule has 2 atom stereocenters. The van der Waals surface area contributed by atoms with Gasteiger partial charge in [-0.15, -0.1) is 23.1 Å². The largest absolute Gasteiger partial charge is 0.484 e. The minimum atomic E-state index is -0.393. The van der Waals surface area contributed by atoms with Crippen molar-refractivity contribution in [1.29, 1.82) is 5.26 Å². The average molecular weight is 548 g/mol. The standard InChI is InChI=1S/C30H33N3O3S2/c1-19(28(35)33-29-25(17-31)24-14-13-20(30(2,3)4)15-26(24)38-29)37-23-12-8-9-21(16-23)32-27(34)18-36-22-10-6-5-7-11-22/h5-12,16,19-20H,13-15,18H2,1-4H3,(H,32,34)(H,33,35). The third kappa shape index (κ3) is 6.97. The highest BCUT2D eigenvalue weighted by Gasteiger charge is 2.32. The zero-order chi connectivity index (χ0) is 27.3. The summed E-state index contributed by atoms with van der Waals surface area (Å²) in [6.45, 7) is 8.54. The molecule has 0 radical (unpaired) electrons. The molecule has 0 saturated carbocycles. The number of nitrogens with one attached hydrogen (secondary N) is 2. The van der Waals surface area contributed by atoms with Gasteiger partial charge in [0.15, 0.2) is 6.61 Å². The van der Waals surface area contributed by atoms with E-state index in [1.165, 1.54) is 16.6 Å². The highest BCUT2D eigenvalue weighted by molar-refractivity contribution is 8.00. The Morgan fingerprint density at radius 3 is 2.63 bits per heavy atom. The van der Waals surface area contributed by atoms with Gasteiger partial charge in [-0.3, -0.25) is 9.59 Å². The number of fused-ring (bicyclic) bond motifs is 1. The second-order valence-electron chi connectivity index (χ2n) is 10.6. The Balaban J connectivity index is 1.35. The fourth-order valence-corrected chi connectivity index (χ4v) is 6.72. The molecule has 2 aromatic carbocycles. The number of ether oxygens (including phenoxy) is 1. The monoisotopic (exact) mass is 547 g/mol. The van der Waals surface area contributed by atoms with Crippen molar-refractivity contribution in [2.24, 2.45) is 11.3 Å². The highest BCUT2D eigenvalue weighted by Crippen LogP contribution is 2.44. The highest BCUT2D eigenvalue weighted by atomic mass is 32.2. The van der Waals surface area contributed by atoms with Crippen LogP contribution in [-0.2, 0) is 22.4 Å². The molecule has 6 nitrogen and oxygen atoms in total. The lowest BCUT2D eigenvalue weighted by molar-refractivity contribution is -0.118. The number of hydrogen-bond donors (Lipinski definition) is 2. The molecule has 0 saturated heterocycles. The number of thioether (sulfide) groups is 1. The summed E-state index contributed by atoms with van der Waals surface area (Å²) >= 11 is 2.95. The van der Waals surface area contributed by atoms with Gasteiger partial charge in [0.05, 0.1) is 10.8 Å². The number of nitriles is 1. The van der Waals surface area contributed by atoms with E-state index in [-0.39, 0.29) is 23.8 Å². The molecule has 2 N–H and O–H groups in total. The number of amides is 2. The Hall–Kier alpha value is -3.28. The molecule has 1 aliphatic rings. The van der Waals surface area contributed by atoms with E-state index in [2.05, 4.69) is 37.5 Å². The third-order valence-electron chi connectivity index (χ3n) is 6.75. The van der Waals surface area contributed by atoms with E-state index in [0.717, 1.165) is 29.7 Å². The topological polar surface area (TPSA) is 91.2 Å². The minimum Gasteiger partial charge on any atom is -0.484 e. The molecule has 4 rings (SSSR count). The van der Waals surface area contributed by atoms with Crippen molar-refractivity contribution in [3.63, 3.8) is 0 Å². The number of benzene rings is 2. The van der Waals surface area contributed by atoms with E-state index in [4.69, 9.17) is 4.74 Å². The molecule has 0 spiro atoms. The smallest absolute Gasteiger partial charge is 0.262 e. The van der Waals surface area contributed by atoms with Gasteiger partial charge in [-0.2, -0.15) is 5.26 Å². The predicted octanol–water partition coefficient (Wildman–Crippen LogP) is 6.91. The number of thiophene rings is 1. The first-order valence-electron chi connectivity index (χ1n) is 12.7. The maximum Gasteiger partial charge on any atom is 0.262 e. The molecule has 2 amide bonds. The van der Waals surface area contributed by atoms with Crippen LogP contribution in [0.3, 0.4) is 0 Å². The second kappa shape index (κ2) is 12.1. The van der Waals surface area contributed by atoms with Gasteiger partial charge in [0, 0.05) is 15.5 Å². The number of carbonyl (C=O) groups excluding carboxylic acids is 2. The first-order valence-corrected chi connectivity index (χ1v) is 14.4. The maximum absolute atomic E-state index is 13.1. The van der Waals surface area contributed by atoms with Gasteiger partial charge in [-0.1, -0.05) is 45.0 Å². The lowest BCUT2D eigenvalue weighted by Gasteiger charge is -2.33. The zero-order valence-corrected chi connectivity index (χ0v) is 23.8. The second-order valence-corrected chi connectivity index (χ2v) is 13.1. The van der Waals surface area contributed by atoms with E-state index < -0.39 is 5.25 Å². The van der Waals surface area contributed by atoms with Crippen molar-refractivity contribution in [3.8, 4) is 11.8 Å². The fraction of sp³-hybridized carbons (Fsp3) is 0.367. The van der Waals surface area contributed by atoms with Crippen molar-refractivity contribution in [3.05, 3.63) is 70.6 Å². The molecule has 3 aromatic rings. The minimum absolute atomic E-state index is 0.0945. The van der Waals surface area contributed by atoms with Gasteiger partial charge in [0.25, 0.3) is 5.91 Å². The molecule has 1 aliphatic carbocycles. The molecular weight excluding hydrogens is 514 g/mol. The quantitative estimate of drug-likeness (QED) is 0.299. The van der Waals surface area contributed by atoms with Gasteiger partial charge in [0.2, 0.25) is 5.91 Å². The van der Waals surface area contributed by atoms with Crippen LogP contribution in [0.2, 0.25) is 0 Å². The Morgan fingerprint density at radius 1 is 1.16 bits per heavy atom. The number of rotatable bonds is 8. The van der Waals surface area contributed by atoms with E-state index in [0.29, 0.717) is 27.9 Å². The lowest BCUT2D eigenvalue weighted by atomic mass is 9.72. The van der Waals surface area contributed by atoms with Gasteiger partial charge < -0.3 is 15.4 Å². The van der Waals surface area contributed by atoms with Gasteiger partial charge in [0.1, 0.15) is 16.8 Å². The summed E-state index contributed by atoms with van der Waals surface area (Å²) in [5.74, 6) is 0.784. The first kappa shape index (κ1) is 27.7. The van der Waals surface area contributed by atoms with Crippen LogP contribution < -0.4 is 15.4 Å². The first-order chi connectivity index (χ1) is 18.1. The third-order valence-corrected chi connectivity index (χ3v) is 9.02. The molecule has 198 valence electrons. The van der Waals surface area contributed by atoms with Crippen LogP contribution in [0.1, 0.15) is 50.1 Å². The summed E-state index contributed by atoms with van der Waals surface area (Å²) in [6, 6.07) is 18.9. The number of carbonyl (C=O) groups is 2. The van der Waals surface area contributed by atoms with Crippen LogP contribution in [0, 0.1) is 22.7 Å². The molecule has 1 heterocycles. The number of para-hydroxylation sites is 1. The van der Waals surface area contributed by atoms with Gasteiger partial charge >= 0.3 is 0 Å². The van der Waals surface area contributed by atoms with E-state index >= 15 is 0 Å². The molecule has 0 bridgehead atoms. The Labute approximate surface area is 232 Å². The molecule has 0 fully saturated rings. The lowest BCUT2D eigenvalue weighted by Crippen LogP contribution is -2.26. The molecule has 2 unspecified atom stereocenters. The van der Waals surface area contributed by atoms with Crippen molar-refractivity contribution in [2.45, 2.75) is 57.1 Å². The van der Waals surface area contributed by atoms with E-state index in [1.807, 2.05) is 43.3 Å². The molecule has 8 heteroatoms. The predicted molar refractivity (Wildman–Crippen MR) is 155 cm³/mol. The summed E-state index contributed by atoms with van der Waals surface area (Å²) in [5.41, 5.74) is 2.57. The van der Waals surface area contributed by atoms with Crippen molar-refractivity contribution in [1.82, 2.24) is 0 Å². The van der Waals surface area contributed by atoms with Crippen molar-refractivity contribution >= 4 is 45.6 Å². The maximum atomic E-state index is 13.1. The Morgan fingerprint density at radius 2 is 1.92 bits per heavy atom. The average Bonchev–Trinajstić information content (AvgIpc) is 3.24. The molecule has 0 aliphatic heterocycles. The number of hydrogen-bond acceptors (Lipinski definition) is 6. The summed E-state index contributed by atoms with van der Waals surface area (Å²) in [6.07, 6.45) is 2.89. The summed E-state index contributed by atoms with van der Waals surface area (Å²) < 4.78 is 5.50. The van der Waals surface area contributed by atoms with Crippen LogP contribution in [0.25, 0.3) is 0 Å². The normalized spacial score (nSPS) is 15.6.